The molecule has 0 amide bonds. The second-order valence-electron chi connectivity index (χ2n) is 8.54. The molecule has 4 nitrogen and oxygen atoms in total. The van der Waals surface area contributed by atoms with Crippen molar-refractivity contribution < 1.29 is 5.11 Å². The van der Waals surface area contributed by atoms with Crippen LogP contribution >= 0.6 is 0 Å². The Morgan fingerprint density at radius 1 is 0.966 bits per heavy atom. The van der Waals surface area contributed by atoms with Gasteiger partial charge in [0.25, 0.3) is 0 Å². The van der Waals surface area contributed by atoms with Gasteiger partial charge in [0.15, 0.2) is 0 Å². The number of anilines is 1. The number of hydrogen-bond donors (Lipinski definition) is 2. The van der Waals surface area contributed by atoms with Gasteiger partial charge in [0.1, 0.15) is 0 Å². The predicted octanol–water partition coefficient (Wildman–Crippen LogP) is 6.20. The van der Waals surface area contributed by atoms with Crippen LogP contribution in [0.3, 0.4) is 0 Å². The lowest BCUT2D eigenvalue weighted by atomic mass is 9.87. The Labute approximate surface area is 171 Å². The van der Waals surface area contributed by atoms with Gasteiger partial charge in [0, 0.05) is 41.4 Å². The topological polar surface area (TPSA) is 50.1 Å². The number of nitrogens with one attached hydrogen (secondary N) is 1. The average Bonchev–Trinajstić information content (AvgIpc) is 3.06. The lowest BCUT2D eigenvalue weighted by molar-refractivity contribution is 0.448. The predicted molar refractivity (Wildman–Crippen MR) is 120 cm³/mol. The first-order valence-corrected chi connectivity index (χ1v) is 9.95. The highest BCUT2D eigenvalue weighted by atomic mass is 16.3. The quantitative estimate of drug-likeness (QED) is 0.439. The van der Waals surface area contributed by atoms with Crippen molar-refractivity contribution in [1.29, 1.82) is 0 Å². The third kappa shape index (κ3) is 3.70. The lowest BCUT2D eigenvalue weighted by Crippen LogP contribution is -2.10. The van der Waals surface area contributed by atoms with Gasteiger partial charge in [-0.15, -0.1) is 0 Å². The van der Waals surface area contributed by atoms with E-state index >= 15 is 0 Å². The van der Waals surface area contributed by atoms with E-state index in [0.29, 0.717) is 0 Å². The van der Waals surface area contributed by atoms with Gasteiger partial charge >= 0.3 is 0 Å². The van der Waals surface area contributed by atoms with Crippen LogP contribution in [0.1, 0.15) is 44.9 Å². The van der Waals surface area contributed by atoms with Crippen molar-refractivity contribution in [3.63, 3.8) is 0 Å². The lowest BCUT2D eigenvalue weighted by Gasteiger charge is -2.19. The molecule has 0 aliphatic carbocycles. The summed E-state index contributed by atoms with van der Waals surface area (Å²) in [7, 11) is 0. The first kappa shape index (κ1) is 19.1. The SMILES string of the molecule is C[C@H](Nc1cccc2cn(-c3ccc(C(C)(C)C)cc3)c(O)c12)c1ccncc1. The molecule has 0 unspecified atom stereocenters. The molecule has 0 fully saturated rings. The van der Waals surface area contributed by atoms with Crippen LogP contribution in [0.2, 0.25) is 0 Å². The third-order valence-corrected chi connectivity index (χ3v) is 5.41. The summed E-state index contributed by atoms with van der Waals surface area (Å²) in [5.41, 5.74) is 4.37. The maximum absolute atomic E-state index is 11.0. The van der Waals surface area contributed by atoms with Crippen molar-refractivity contribution in [2.24, 2.45) is 0 Å². The van der Waals surface area contributed by atoms with Crippen molar-refractivity contribution >= 4 is 16.5 Å². The Morgan fingerprint density at radius 2 is 1.66 bits per heavy atom. The molecule has 0 aliphatic rings. The smallest absolute Gasteiger partial charge is 0.205 e. The molecule has 2 heterocycles. The fourth-order valence-corrected chi connectivity index (χ4v) is 3.66. The van der Waals surface area contributed by atoms with Crippen molar-refractivity contribution in [2.45, 2.75) is 39.2 Å². The van der Waals surface area contributed by atoms with E-state index in [-0.39, 0.29) is 17.3 Å². The Hall–Kier alpha value is -3.27. The van der Waals surface area contributed by atoms with Gasteiger partial charge in [0.2, 0.25) is 5.88 Å². The molecule has 148 valence electrons. The molecule has 0 aliphatic heterocycles. The van der Waals surface area contributed by atoms with E-state index in [9.17, 15) is 5.11 Å². The third-order valence-electron chi connectivity index (χ3n) is 5.41. The summed E-state index contributed by atoms with van der Waals surface area (Å²) in [6.07, 6.45) is 5.58. The van der Waals surface area contributed by atoms with E-state index in [1.807, 2.05) is 41.1 Å². The summed E-state index contributed by atoms with van der Waals surface area (Å²) in [5.74, 6) is 0.244. The summed E-state index contributed by atoms with van der Waals surface area (Å²) in [6.45, 7) is 8.70. The molecule has 0 bridgehead atoms. The van der Waals surface area contributed by atoms with Crippen LogP contribution in [0.25, 0.3) is 16.5 Å². The number of aromatic hydroxyl groups is 1. The minimum absolute atomic E-state index is 0.0948. The fraction of sp³-hybridized carbons (Fsp3) is 0.240. The van der Waals surface area contributed by atoms with E-state index < -0.39 is 0 Å². The van der Waals surface area contributed by atoms with Gasteiger partial charge in [-0.3, -0.25) is 9.55 Å². The van der Waals surface area contributed by atoms with Gasteiger partial charge < -0.3 is 10.4 Å². The van der Waals surface area contributed by atoms with Gasteiger partial charge in [-0.2, -0.15) is 0 Å². The highest BCUT2D eigenvalue weighted by Crippen LogP contribution is 2.37. The first-order valence-electron chi connectivity index (χ1n) is 9.95. The highest BCUT2D eigenvalue weighted by Gasteiger charge is 2.17. The van der Waals surface area contributed by atoms with E-state index in [1.54, 1.807) is 12.4 Å². The molecule has 29 heavy (non-hydrogen) atoms. The summed E-state index contributed by atoms with van der Waals surface area (Å²) in [5, 5.41) is 16.4. The number of fused-ring (bicyclic) bond motifs is 1. The summed E-state index contributed by atoms with van der Waals surface area (Å²) in [6, 6.07) is 18.5. The molecule has 0 saturated heterocycles. The van der Waals surface area contributed by atoms with Crippen molar-refractivity contribution in [1.82, 2.24) is 9.55 Å². The number of benzene rings is 2. The molecule has 4 rings (SSSR count). The molecule has 4 heteroatoms. The zero-order chi connectivity index (χ0) is 20.6. The molecule has 0 saturated carbocycles. The van der Waals surface area contributed by atoms with Crippen LogP contribution in [-0.2, 0) is 5.41 Å². The van der Waals surface area contributed by atoms with E-state index in [4.69, 9.17) is 0 Å². The number of pyridine rings is 1. The molecule has 2 aromatic heterocycles. The van der Waals surface area contributed by atoms with Crippen molar-refractivity contribution in [3.8, 4) is 11.6 Å². The summed E-state index contributed by atoms with van der Waals surface area (Å²) < 4.78 is 1.85. The Balaban J connectivity index is 1.72. The zero-order valence-electron chi connectivity index (χ0n) is 17.3. The first-order chi connectivity index (χ1) is 13.8. The van der Waals surface area contributed by atoms with Crippen molar-refractivity contribution in [3.05, 3.63) is 84.3 Å². The molecule has 4 aromatic rings. The molecular formula is C25H27N3O. The molecule has 0 radical (unpaired) electrons. The van der Waals surface area contributed by atoms with Crippen molar-refractivity contribution in [2.75, 3.05) is 5.32 Å². The summed E-state index contributed by atoms with van der Waals surface area (Å²) in [4.78, 5) is 4.09. The Bertz CT molecular complexity index is 1120. The highest BCUT2D eigenvalue weighted by molar-refractivity contribution is 5.99. The maximum atomic E-state index is 11.0. The molecule has 2 aromatic carbocycles. The van der Waals surface area contributed by atoms with Gasteiger partial charge in [-0.25, -0.2) is 0 Å². The van der Waals surface area contributed by atoms with E-state index in [2.05, 4.69) is 62.3 Å². The van der Waals surface area contributed by atoms with Crippen LogP contribution in [0, 0.1) is 0 Å². The minimum Gasteiger partial charge on any atom is -0.494 e. The molecule has 2 N–H and O–H groups in total. The van der Waals surface area contributed by atoms with Crippen LogP contribution < -0.4 is 5.32 Å². The Kier molecular flexibility index (Phi) is 4.79. The normalized spacial score (nSPS) is 12.8. The standard InChI is InChI=1S/C25H27N3O/c1-17(18-12-14-26-15-13-18)27-22-7-5-6-19-16-28(24(29)23(19)22)21-10-8-20(9-11-21)25(2,3)4/h5-17,27,29H,1-4H3/t17-/m0/s1. The minimum atomic E-state index is 0.0948. The molecule has 1 atom stereocenters. The van der Waals surface area contributed by atoms with Gasteiger partial charge in [-0.1, -0.05) is 45.0 Å². The summed E-state index contributed by atoms with van der Waals surface area (Å²) >= 11 is 0. The van der Waals surface area contributed by atoms with E-state index in [0.717, 1.165) is 27.7 Å². The number of nitrogens with zero attached hydrogens (tertiary/aromatic N) is 2. The maximum Gasteiger partial charge on any atom is 0.205 e. The van der Waals surface area contributed by atoms with Gasteiger partial charge in [-0.05, 0) is 53.8 Å². The largest absolute Gasteiger partial charge is 0.494 e. The second-order valence-corrected chi connectivity index (χ2v) is 8.54. The number of aromatic nitrogens is 2. The van der Waals surface area contributed by atoms with Crippen LogP contribution in [0.15, 0.2) is 73.2 Å². The van der Waals surface area contributed by atoms with Gasteiger partial charge in [0.05, 0.1) is 5.39 Å². The number of hydrogen-bond acceptors (Lipinski definition) is 3. The second kappa shape index (κ2) is 7.28. The zero-order valence-corrected chi connectivity index (χ0v) is 17.3. The van der Waals surface area contributed by atoms with E-state index in [1.165, 1.54) is 5.56 Å². The molecule has 0 spiro atoms. The monoisotopic (exact) mass is 385 g/mol. The van der Waals surface area contributed by atoms with Crippen LogP contribution in [0.4, 0.5) is 5.69 Å². The average molecular weight is 386 g/mol. The Morgan fingerprint density at radius 3 is 2.31 bits per heavy atom. The van der Waals surface area contributed by atoms with Crippen LogP contribution in [0.5, 0.6) is 5.88 Å². The molecular weight excluding hydrogens is 358 g/mol. The van der Waals surface area contributed by atoms with Crippen LogP contribution in [-0.4, -0.2) is 14.7 Å². The fourth-order valence-electron chi connectivity index (χ4n) is 3.66. The number of rotatable bonds is 4.